The van der Waals surface area contributed by atoms with Gasteiger partial charge >= 0.3 is 0 Å². The fraction of sp³-hybridized carbons (Fsp3) is 0.158. The average Bonchev–Trinajstić information content (AvgIpc) is 2.60. The molecule has 3 heteroatoms. The van der Waals surface area contributed by atoms with E-state index >= 15 is 0 Å². The lowest BCUT2D eigenvalue weighted by atomic mass is 9.90. The molecule has 0 fully saturated rings. The summed E-state index contributed by atoms with van der Waals surface area (Å²) in [5, 5.41) is 10.3. The number of methoxy groups -OCH3 is 1. The fourth-order valence-corrected chi connectivity index (χ4v) is 2.69. The molecule has 1 aromatic heterocycles. The Morgan fingerprint density at radius 2 is 1.82 bits per heavy atom. The summed E-state index contributed by atoms with van der Waals surface area (Å²) in [6.45, 7) is 2.14. The van der Waals surface area contributed by atoms with Crippen LogP contribution in [-0.2, 0) is 0 Å². The number of ether oxygens (including phenoxy) is 1. The molecule has 22 heavy (non-hydrogen) atoms. The van der Waals surface area contributed by atoms with Gasteiger partial charge in [0.25, 0.3) is 0 Å². The van der Waals surface area contributed by atoms with Crippen molar-refractivity contribution in [1.29, 1.82) is 5.26 Å². The van der Waals surface area contributed by atoms with Crippen LogP contribution in [-0.4, -0.2) is 12.1 Å². The van der Waals surface area contributed by atoms with Gasteiger partial charge in [0, 0.05) is 11.3 Å². The highest BCUT2D eigenvalue weighted by molar-refractivity contribution is 5.83. The normalized spacial score (nSPS) is 11.9. The van der Waals surface area contributed by atoms with Crippen molar-refractivity contribution < 1.29 is 4.74 Å². The van der Waals surface area contributed by atoms with Gasteiger partial charge in [-0.1, -0.05) is 37.3 Å². The first-order chi connectivity index (χ1) is 10.7. The summed E-state index contributed by atoms with van der Waals surface area (Å²) in [5.74, 6) is 1.01. The van der Waals surface area contributed by atoms with Gasteiger partial charge in [0.15, 0.2) is 0 Å². The van der Waals surface area contributed by atoms with Gasteiger partial charge in [0.2, 0.25) is 0 Å². The predicted octanol–water partition coefficient (Wildman–Crippen LogP) is 4.27. The molecule has 1 unspecified atom stereocenters. The summed E-state index contributed by atoms with van der Waals surface area (Å²) in [6, 6.07) is 20.0. The molecule has 0 aliphatic rings. The topological polar surface area (TPSA) is 45.9 Å². The van der Waals surface area contributed by atoms with Crippen LogP contribution in [0.25, 0.3) is 10.9 Å². The Labute approximate surface area is 129 Å². The van der Waals surface area contributed by atoms with Gasteiger partial charge in [-0.05, 0) is 35.4 Å². The molecule has 0 aliphatic heterocycles. The number of nitrogens with zero attached hydrogens (tertiary/aromatic N) is 2. The van der Waals surface area contributed by atoms with E-state index in [1.165, 1.54) is 5.56 Å². The van der Waals surface area contributed by atoms with Crippen LogP contribution in [0.4, 0.5) is 0 Å². The lowest BCUT2D eigenvalue weighted by Gasteiger charge is -2.16. The van der Waals surface area contributed by atoms with Crippen LogP contribution in [0.2, 0.25) is 0 Å². The van der Waals surface area contributed by atoms with Crippen molar-refractivity contribution in [2.45, 2.75) is 12.8 Å². The number of fused-ring (bicyclic) bond motifs is 1. The zero-order chi connectivity index (χ0) is 15.5. The molecule has 1 atom stereocenters. The first kappa shape index (κ1) is 14.1. The summed E-state index contributed by atoms with van der Waals surface area (Å²) in [5.41, 5.74) is 3.61. The molecule has 1 heterocycles. The molecule has 0 radical (unpaired) electrons. The maximum Gasteiger partial charge on any atom is 0.141 e. The number of nitriles is 1. The number of para-hydroxylation sites is 1. The van der Waals surface area contributed by atoms with E-state index in [1.54, 1.807) is 7.11 Å². The summed E-state index contributed by atoms with van der Waals surface area (Å²) in [4.78, 5) is 4.38. The van der Waals surface area contributed by atoms with Gasteiger partial charge in [-0.25, -0.2) is 4.98 Å². The highest BCUT2D eigenvalue weighted by Gasteiger charge is 2.14. The van der Waals surface area contributed by atoms with Gasteiger partial charge in [0.05, 0.1) is 12.6 Å². The van der Waals surface area contributed by atoms with Gasteiger partial charge in [0.1, 0.15) is 17.5 Å². The van der Waals surface area contributed by atoms with Crippen molar-refractivity contribution in [3.8, 4) is 11.8 Å². The Morgan fingerprint density at radius 1 is 1.09 bits per heavy atom. The maximum absolute atomic E-state index is 9.21. The molecule has 0 saturated heterocycles. The minimum atomic E-state index is 0.172. The molecule has 3 nitrogen and oxygen atoms in total. The van der Waals surface area contributed by atoms with E-state index in [1.807, 2.05) is 36.4 Å². The van der Waals surface area contributed by atoms with Gasteiger partial charge in [-0.2, -0.15) is 5.26 Å². The largest absolute Gasteiger partial charge is 0.497 e. The minimum Gasteiger partial charge on any atom is -0.497 e. The summed E-state index contributed by atoms with van der Waals surface area (Å²) in [7, 11) is 1.66. The molecule has 0 spiro atoms. The second-order valence-corrected chi connectivity index (χ2v) is 5.22. The lowest BCUT2D eigenvalue weighted by Crippen LogP contribution is -2.00. The predicted molar refractivity (Wildman–Crippen MR) is 87.0 cm³/mol. The van der Waals surface area contributed by atoms with Crippen molar-refractivity contribution in [1.82, 2.24) is 4.98 Å². The first-order valence-electron chi connectivity index (χ1n) is 7.16. The van der Waals surface area contributed by atoms with Crippen LogP contribution in [0.1, 0.15) is 29.7 Å². The average molecular weight is 288 g/mol. The number of benzene rings is 2. The molecule has 0 N–H and O–H groups in total. The third kappa shape index (κ3) is 2.51. The van der Waals surface area contributed by atoms with Crippen LogP contribution in [0.15, 0.2) is 54.6 Å². The highest BCUT2D eigenvalue weighted by atomic mass is 16.5. The smallest absolute Gasteiger partial charge is 0.141 e. The monoisotopic (exact) mass is 288 g/mol. The molecule has 2 aromatic carbocycles. The number of aromatic nitrogens is 1. The van der Waals surface area contributed by atoms with Crippen LogP contribution < -0.4 is 4.74 Å². The van der Waals surface area contributed by atoms with E-state index < -0.39 is 0 Å². The van der Waals surface area contributed by atoms with E-state index in [4.69, 9.17) is 4.74 Å². The SMILES string of the molecule is COc1ccc(C(C)c2cc(C#N)nc3ccccc23)cc1. The molecular weight excluding hydrogens is 272 g/mol. The van der Waals surface area contributed by atoms with E-state index in [9.17, 15) is 5.26 Å². The Kier molecular flexibility index (Phi) is 3.76. The standard InChI is InChI=1S/C19H16N2O/c1-13(14-7-9-16(22-2)10-8-14)18-11-15(12-20)21-19-6-4-3-5-17(18)19/h3-11,13H,1-2H3. The summed E-state index contributed by atoms with van der Waals surface area (Å²) < 4.78 is 5.21. The Hall–Kier alpha value is -2.86. The van der Waals surface area contributed by atoms with Crippen LogP contribution in [0.5, 0.6) is 5.75 Å². The Balaban J connectivity index is 2.13. The molecular formula is C19H16N2O. The first-order valence-corrected chi connectivity index (χ1v) is 7.16. The van der Waals surface area contributed by atoms with Gasteiger partial charge < -0.3 is 4.74 Å². The summed E-state index contributed by atoms with van der Waals surface area (Å²) >= 11 is 0. The number of pyridine rings is 1. The van der Waals surface area contributed by atoms with E-state index in [-0.39, 0.29) is 5.92 Å². The number of hydrogen-bond donors (Lipinski definition) is 0. The van der Waals surface area contributed by atoms with E-state index in [2.05, 4.69) is 36.2 Å². The quantitative estimate of drug-likeness (QED) is 0.723. The third-order valence-electron chi connectivity index (χ3n) is 3.95. The Morgan fingerprint density at radius 3 is 2.50 bits per heavy atom. The minimum absolute atomic E-state index is 0.172. The maximum atomic E-state index is 9.21. The molecule has 108 valence electrons. The molecule has 0 saturated carbocycles. The van der Waals surface area contributed by atoms with E-state index in [0.29, 0.717) is 5.69 Å². The fourth-order valence-electron chi connectivity index (χ4n) is 2.69. The molecule has 3 rings (SSSR count). The van der Waals surface area contributed by atoms with Crippen LogP contribution in [0.3, 0.4) is 0 Å². The molecule has 3 aromatic rings. The molecule has 0 bridgehead atoms. The third-order valence-corrected chi connectivity index (χ3v) is 3.95. The lowest BCUT2D eigenvalue weighted by molar-refractivity contribution is 0.414. The second-order valence-electron chi connectivity index (χ2n) is 5.22. The van der Waals surface area contributed by atoms with Gasteiger partial charge in [-0.15, -0.1) is 0 Å². The highest BCUT2D eigenvalue weighted by Crippen LogP contribution is 2.31. The number of rotatable bonds is 3. The van der Waals surface area contributed by atoms with Crippen molar-refractivity contribution in [3.63, 3.8) is 0 Å². The zero-order valence-electron chi connectivity index (χ0n) is 12.6. The van der Waals surface area contributed by atoms with Gasteiger partial charge in [-0.3, -0.25) is 0 Å². The zero-order valence-corrected chi connectivity index (χ0v) is 12.6. The van der Waals surface area contributed by atoms with Crippen molar-refractivity contribution >= 4 is 10.9 Å². The molecule has 0 aliphatic carbocycles. The van der Waals surface area contributed by atoms with E-state index in [0.717, 1.165) is 22.2 Å². The second kappa shape index (κ2) is 5.87. The summed E-state index contributed by atoms with van der Waals surface area (Å²) in [6.07, 6.45) is 0. The number of hydrogen-bond acceptors (Lipinski definition) is 3. The molecule has 0 amide bonds. The van der Waals surface area contributed by atoms with Crippen molar-refractivity contribution in [3.05, 3.63) is 71.4 Å². The van der Waals surface area contributed by atoms with Crippen molar-refractivity contribution in [2.24, 2.45) is 0 Å². The van der Waals surface area contributed by atoms with Crippen LogP contribution >= 0.6 is 0 Å². The van der Waals surface area contributed by atoms with Crippen LogP contribution in [0, 0.1) is 11.3 Å². The Bertz CT molecular complexity index is 847. The van der Waals surface area contributed by atoms with Crippen molar-refractivity contribution in [2.75, 3.05) is 7.11 Å².